The molecule has 0 spiro atoms. The molecule has 0 aliphatic rings. The second kappa shape index (κ2) is 3.32. The second-order valence-electron chi connectivity index (χ2n) is 2.09. The van der Waals surface area contributed by atoms with Crippen molar-refractivity contribution in [1.82, 2.24) is 0 Å². The van der Waals surface area contributed by atoms with Crippen molar-refractivity contribution < 1.29 is 15.4 Å². The summed E-state index contributed by atoms with van der Waals surface area (Å²) in [5.41, 5.74) is 0.328. The lowest BCUT2D eigenvalue weighted by Gasteiger charge is -1.99. The predicted molar refractivity (Wildman–Crippen MR) is 43.9 cm³/mol. The highest BCUT2D eigenvalue weighted by molar-refractivity contribution is 6.69. The largest absolute Gasteiger partial charge is 0.504 e. The van der Waals surface area contributed by atoms with Crippen molar-refractivity contribution in [2.45, 2.75) is 0 Å². The minimum atomic E-state index is -0.311. The lowest BCUT2D eigenvalue weighted by atomic mass is 10.2. The molecule has 0 heterocycles. The Labute approximate surface area is 73.3 Å². The summed E-state index contributed by atoms with van der Waals surface area (Å²) in [6, 6.07) is 3.85. The van der Waals surface area contributed by atoms with Crippen molar-refractivity contribution in [1.29, 1.82) is 0 Å². The number of rotatable bonds is 1. The van der Waals surface area contributed by atoms with Crippen LogP contribution < -0.4 is 0 Å². The number of aromatic hydroxyl groups is 2. The van der Waals surface area contributed by atoms with E-state index in [1.165, 1.54) is 18.2 Å². The molecule has 3 N–H and O–H groups in total. The summed E-state index contributed by atoms with van der Waals surface area (Å²) in [5, 5.41) is 28.7. The molecule has 1 aromatic rings. The first-order valence-electron chi connectivity index (χ1n) is 3.05. The van der Waals surface area contributed by atoms with Crippen LogP contribution in [0.3, 0.4) is 0 Å². The first-order valence-corrected chi connectivity index (χ1v) is 3.43. The van der Waals surface area contributed by atoms with E-state index < -0.39 is 0 Å². The number of hydrogen-bond donors (Lipinski definition) is 3. The lowest BCUT2D eigenvalue weighted by Crippen LogP contribution is -1.89. The van der Waals surface area contributed by atoms with Gasteiger partial charge in [-0.1, -0.05) is 16.8 Å². The zero-order chi connectivity index (χ0) is 9.14. The highest BCUT2D eigenvalue weighted by Crippen LogP contribution is 2.25. The van der Waals surface area contributed by atoms with Gasteiger partial charge in [-0.2, -0.15) is 0 Å². The van der Waals surface area contributed by atoms with Crippen LogP contribution in [0, 0.1) is 0 Å². The molecule has 0 fully saturated rings. The summed E-state index contributed by atoms with van der Waals surface area (Å²) in [4.78, 5) is 0. The molecule has 12 heavy (non-hydrogen) atoms. The molecule has 0 saturated carbocycles. The zero-order valence-corrected chi connectivity index (χ0v) is 6.65. The Kier molecular flexibility index (Phi) is 2.40. The third-order valence-electron chi connectivity index (χ3n) is 1.30. The van der Waals surface area contributed by atoms with Gasteiger partial charge in [-0.15, -0.1) is 0 Å². The number of nitrogens with zero attached hydrogens (tertiary/aromatic N) is 1. The van der Waals surface area contributed by atoms with Crippen LogP contribution in [0.1, 0.15) is 5.56 Å². The number of benzene rings is 1. The minimum Gasteiger partial charge on any atom is -0.504 e. The van der Waals surface area contributed by atoms with Crippen molar-refractivity contribution in [3.8, 4) is 11.5 Å². The Hall–Kier alpha value is -1.42. The van der Waals surface area contributed by atoms with E-state index in [-0.39, 0.29) is 16.7 Å². The van der Waals surface area contributed by atoms with Gasteiger partial charge in [-0.05, 0) is 18.2 Å². The van der Waals surface area contributed by atoms with Crippen LogP contribution in [0.4, 0.5) is 0 Å². The summed E-state index contributed by atoms with van der Waals surface area (Å²) >= 11 is 5.42. The van der Waals surface area contributed by atoms with Crippen LogP contribution in [0.15, 0.2) is 23.4 Å². The Morgan fingerprint density at radius 1 is 1.25 bits per heavy atom. The summed E-state index contributed by atoms with van der Waals surface area (Å²) in [6.07, 6.45) is 0. The first kappa shape index (κ1) is 8.67. The van der Waals surface area contributed by atoms with Gasteiger partial charge in [-0.3, -0.25) is 0 Å². The van der Waals surface area contributed by atoms with Gasteiger partial charge in [0.1, 0.15) is 0 Å². The van der Waals surface area contributed by atoms with E-state index in [1.807, 2.05) is 0 Å². The van der Waals surface area contributed by atoms with Gasteiger partial charge in [0.25, 0.3) is 0 Å². The van der Waals surface area contributed by atoms with Gasteiger partial charge in [0.15, 0.2) is 16.7 Å². The molecule has 5 heteroatoms. The van der Waals surface area contributed by atoms with Crippen LogP contribution >= 0.6 is 11.6 Å². The van der Waals surface area contributed by atoms with Gasteiger partial charge < -0.3 is 15.4 Å². The van der Waals surface area contributed by atoms with Crippen molar-refractivity contribution in [3.63, 3.8) is 0 Å². The van der Waals surface area contributed by atoms with Crippen molar-refractivity contribution in [2.75, 3.05) is 0 Å². The summed E-state index contributed by atoms with van der Waals surface area (Å²) in [6.45, 7) is 0. The van der Waals surface area contributed by atoms with Crippen LogP contribution in [0.25, 0.3) is 0 Å². The number of phenolic OH excluding ortho intramolecular Hbond substituents is 2. The molecule has 0 aliphatic heterocycles. The molecule has 64 valence electrons. The maximum atomic E-state index is 9.00. The summed E-state index contributed by atoms with van der Waals surface area (Å²) < 4.78 is 0. The Morgan fingerprint density at radius 3 is 2.42 bits per heavy atom. The third-order valence-corrected chi connectivity index (χ3v) is 1.60. The fourth-order valence-electron chi connectivity index (χ4n) is 0.709. The SMILES string of the molecule is O/N=C(\Cl)c1ccc(O)c(O)c1. The minimum absolute atomic E-state index is 0.148. The zero-order valence-electron chi connectivity index (χ0n) is 5.90. The topological polar surface area (TPSA) is 73.1 Å². The van der Waals surface area contributed by atoms with Crippen LogP contribution in [0.5, 0.6) is 11.5 Å². The van der Waals surface area contributed by atoms with Crippen LogP contribution in [-0.4, -0.2) is 20.6 Å². The van der Waals surface area contributed by atoms with Crippen molar-refractivity contribution >= 4 is 16.8 Å². The van der Waals surface area contributed by atoms with Crippen molar-refractivity contribution in [3.05, 3.63) is 23.8 Å². The molecule has 0 amide bonds. The molecule has 0 unspecified atom stereocenters. The fourth-order valence-corrected chi connectivity index (χ4v) is 0.827. The maximum absolute atomic E-state index is 9.00. The van der Waals surface area contributed by atoms with Crippen molar-refractivity contribution in [2.24, 2.45) is 5.16 Å². The first-order chi connectivity index (χ1) is 5.65. The number of oxime groups is 1. The molecular weight excluding hydrogens is 182 g/mol. The molecular formula is C7H6ClNO3. The predicted octanol–water partition coefficient (Wildman–Crippen LogP) is 1.47. The van der Waals surface area contributed by atoms with Gasteiger partial charge in [-0.25, -0.2) is 0 Å². The Morgan fingerprint density at radius 2 is 1.92 bits per heavy atom. The third kappa shape index (κ3) is 1.60. The highest BCUT2D eigenvalue weighted by Gasteiger charge is 2.04. The highest BCUT2D eigenvalue weighted by atomic mass is 35.5. The molecule has 0 aliphatic carbocycles. The van der Waals surface area contributed by atoms with Gasteiger partial charge in [0.2, 0.25) is 0 Å². The van der Waals surface area contributed by atoms with E-state index >= 15 is 0 Å². The quantitative estimate of drug-likeness (QED) is 0.270. The van der Waals surface area contributed by atoms with E-state index in [2.05, 4.69) is 5.16 Å². The van der Waals surface area contributed by atoms with E-state index in [4.69, 9.17) is 27.0 Å². The molecule has 0 saturated heterocycles. The molecule has 0 aromatic heterocycles. The normalized spacial score (nSPS) is 11.6. The maximum Gasteiger partial charge on any atom is 0.175 e. The Balaban J connectivity index is 3.13. The van der Waals surface area contributed by atoms with E-state index in [0.29, 0.717) is 5.56 Å². The standard InChI is InChI=1S/C7H6ClNO3/c8-7(9-12)4-1-2-5(10)6(11)3-4/h1-3,10-12H/b9-7-. The van der Waals surface area contributed by atoms with E-state index in [0.717, 1.165) is 0 Å². The molecule has 0 bridgehead atoms. The molecule has 1 aromatic carbocycles. The molecule has 0 atom stereocenters. The Bertz CT molecular complexity index is 324. The smallest absolute Gasteiger partial charge is 0.175 e. The van der Waals surface area contributed by atoms with Crippen LogP contribution in [0.2, 0.25) is 0 Å². The second-order valence-corrected chi connectivity index (χ2v) is 2.45. The van der Waals surface area contributed by atoms with Gasteiger partial charge >= 0.3 is 0 Å². The average Bonchev–Trinajstić information content (AvgIpc) is 2.08. The average molecular weight is 188 g/mol. The van der Waals surface area contributed by atoms with E-state index in [1.54, 1.807) is 0 Å². The number of hydrogen-bond acceptors (Lipinski definition) is 4. The lowest BCUT2D eigenvalue weighted by molar-refractivity contribution is 0.321. The monoisotopic (exact) mass is 187 g/mol. The summed E-state index contributed by atoms with van der Waals surface area (Å²) in [7, 11) is 0. The summed E-state index contributed by atoms with van der Waals surface area (Å²) in [5.74, 6) is -0.560. The number of halogens is 1. The molecule has 0 radical (unpaired) electrons. The fraction of sp³-hybridized carbons (Fsp3) is 0. The van der Waals surface area contributed by atoms with Crippen LogP contribution in [-0.2, 0) is 0 Å². The number of phenols is 2. The van der Waals surface area contributed by atoms with Gasteiger partial charge in [0.05, 0.1) is 0 Å². The van der Waals surface area contributed by atoms with E-state index in [9.17, 15) is 0 Å². The van der Waals surface area contributed by atoms with Gasteiger partial charge in [0, 0.05) is 5.56 Å². The molecule has 1 rings (SSSR count). The molecule has 4 nitrogen and oxygen atoms in total.